The Bertz CT molecular complexity index is 699. The van der Waals surface area contributed by atoms with Crippen LogP contribution in [0.5, 0.6) is 0 Å². The van der Waals surface area contributed by atoms with Gasteiger partial charge in [-0.15, -0.1) is 0 Å². The van der Waals surface area contributed by atoms with Gasteiger partial charge in [0.15, 0.2) is 0 Å². The number of benzene rings is 1. The molecule has 20 heavy (non-hydrogen) atoms. The smallest absolute Gasteiger partial charge is 0.138 e. The molecular formula is C16H16N4. The Morgan fingerprint density at radius 3 is 2.55 bits per heavy atom. The van der Waals surface area contributed by atoms with E-state index in [0.717, 1.165) is 33.9 Å². The molecule has 0 aliphatic carbocycles. The molecule has 0 bridgehead atoms. The standard InChI is InChI=1S/C16H16N4/c1-11-15(14-3-2-8-18-10-14)20-16(19-11)13-6-4-12(9-17)5-7-13/h2-8,10H,9,17H2,1H3,(H,19,20). The zero-order chi connectivity index (χ0) is 13.9. The maximum absolute atomic E-state index is 5.61. The molecule has 0 saturated heterocycles. The molecule has 2 heterocycles. The van der Waals surface area contributed by atoms with Crippen molar-refractivity contribution < 1.29 is 0 Å². The predicted octanol–water partition coefficient (Wildman–Crippen LogP) is 2.91. The Kier molecular flexibility index (Phi) is 3.31. The zero-order valence-corrected chi connectivity index (χ0v) is 11.3. The summed E-state index contributed by atoms with van der Waals surface area (Å²) in [6.07, 6.45) is 3.59. The number of nitrogens with two attached hydrogens (primary N) is 1. The number of aromatic amines is 1. The molecule has 1 aromatic carbocycles. The second-order valence-electron chi connectivity index (χ2n) is 4.70. The largest absolute Gasteiger partial charge is 0.342 e. The molecule has 0 aliphatic heterocycles. The Morgan fingerprint density at radius 2 is 1.90 bits per heavy atom. The topological polar surface area (TPSA) is 67.6 Å². The number of aryl methyl sites for hydroxylation is 1. The number of hydrogen-bond acceptors (Lipinski definition) is 3. The molecule has 4 nitrogen and oxygen atoms in total. The van der Waals surface area contributed by atoms with Crippen LogP contribution in [0.2, 0.25) is 0 Å². The Morgan fingerprint density at radius 1 is 1.10 bits per heavy atom. The monoisotopic (exact) mass is 264 g/mol. The summed E-state index contributed by atoms with van der Waals surface area (Å²) in [5, 5.41) is 0. The SMILES string of the molecule is Cc1[nH]c(-c2ccc(CN)cc2)nc1-c1cccnc1. The van der Waals surface area contributed by atoms with Crippen LogP contribution in [0.3, 0.4) is 0 Å². The van der Waals surface area contributed by atoms with Gasteiger partial charge in [-0.05, 0) is 24.6 Å². The van der Waals surface area contributed by atoms with Gasteiger partial charge in [0.05, 0.1) is 5.69 Å². The zero-order valence-electron chi connectivity index (χ0n) is 11.3. The Hall–Kier alpha value is -2.46. The molecular weight excluding hydrogens is 248 g/mol. The van der Waals surface area contributed by atoms with Crippen molar-refractivity contribution in [2.75, 3.05) is 0 Å². The second-order valence-corrected chi connectivity index (χ2v) is 4.70. The summed E-state index contributed by atoms with van der Waals surface area (Å²) in [5.41, 5.74) is 10.8. The van der Waals surface area contributed by atoms with Gasteiger partial charge in [0.25, 0.3) is 0 Å². The molecule has 0 spiro atoms. The molecule has 0 fully saturated rings. The first-order chi connectivity index (χ1) is 9.78. The number of rotatable bonds is 3. The van der Waals surface area contributed by atoms with E-state index in [1.54, 1.807) is 6.20 Å². The van der Waals surface area contributed by atoms with Crippen LogP contribution in [0, 0.1) is 6.92 Å². The van der Waals surface area contributed by atoms with Gasteiger partial charge in [0.2, 0.25) is 0 Å². The van der Waals surface area contributed by atoms with E-state index in [4.69, 9.17) is 5.73 Å². The highest BCUT2D eigenvalue weighted by Gasteiger charge is 2.10. The number of nitrogens with zero attached hydrogens (tertiary/aromatic N) is 2. The van der Waals surface area contributed by atoms with E-state index in [0.29, 0.717) is 6.54 Å². The summed E-state index contributed by atoms with van der Waals surface area (Å²) in [7, 11) is 0. The lowest BCUT2D eigenvalue weighted by Gasteiger charge is -1.99. The minimum atomic E-state index is 0.554. The van der Waals surface area contributed by atoms with Gasteiger partial charge in [0.1, 0.15) is 5.82 Å². The van der Waals surface area contributed by atoms with Gasteiger partial charge in [-0.3, -0.25) is 4.98 Å². The molecule has 3 aromatic rings. The first-order valence-electron chi connectivity index (χ1n) is 6.54. The summed E-state index contributed by atoms with van der Waals surface area (Å²) < 4.78 is 0. The van der Waals surface area contributed by atoms with Gasteiger partial charge < -0.3 is 10.7 Å². The van der Waals surface area contributed by atoms with Crippen LogP contribution in [-0.4, -0.2) is 15.0 Å². The number of H-pyrrole nitrogens is 1. The molecule has 0 aliphatic rings. The fraction of sp³-hybridized carbons (Fsp3) is 0.125. The van der Waals surface area contributed by atoms with Crippen molar-refractivity contribution in [2.45, 2.75) is 13.5 Å². The lowest BCUT2D eigenvalue weighted by atomic mass is 10.1. The third-order valence-corrected chi connectivity index (χ3v) is 3.28. The van der Waals surface area contributed by atoms with Crippen molar-refractivity contribution in [3.63, 3.8) is 0 Å². The third kappa shape index (κ3) is 2.33. The molecule has 0 radical (unpaired) electrons. The fourth-order valence-corrected chi connectivity index (χ4v) is 2.18. The molecule has 0 atom stereocenters. The van der Waals surface area contributed by atoms with Crippen LogP contribution >= 0.6 is 0 Å². The van der Waals surface area contributed by atoms with E-state index in [1.165, 1.54) is 0 Å². The van der Waals surface area contributed by atoms with E-state index in [1.807, 2.05) is 49.5 Å². The average Bonchev–Trinajstić information content (AvgIpc) is 2.90. The molecule has 2 aromatic heterocycles. The normalized spacial score (nSPS) is 10.7. The van der Waals surface area contributed by atoms with Crippen LogP contribution in [-0.2, 0) is 6.54 Å². The molecule has 0 unspecified atom stereocenters. The number of nitrogens with one attached hydrogen (secondary N) is 1. The summed E-state index contributed by atoms with van der Waals surface area (Å²) in [6, 6.07) is 12.0. The molecule has 100 valence electrons. The molecule has 4 heteroatoms. The minimum Gasteiger partial charge on any atom is -0.342 e. The predicted molar refractivity (Wildman–Crippen MR) is 79.9 cm³/mol. The second kappa shape index (κ2) is 5.27. The fourth-order valence-electron chi connectivity index (χ4n) is 2.18. The molecule has 3 rings (SSSR count). The lowest BCUT2D eigenvalue weighted by molar-refractivity contribution is 1.07. The number of hydrogen-bond donors (Lipinski definition) is 2. The summed E-state index contributed by atoms with van der Waals surface area (Å²) >= 11 is 0. The summed E-state index contributed by atoms with van der Waals surface area (Å²) in [5.74, 6) is 0.866. The number of aromatic nitrogens is 3. The molecule has 0 saturated carbocycles. The first kappa shape index (κ1) is 12.6. The minimum absolute atomic E-state index is 0.554. The van der Waals surface area contributed by atoms with Gasteiger partial charge in [0, 0.05) is 35.8 Å². The first-order valence-corrected chi connectivity index (χ1v) is 6.54. The van der Waals surface area contributed by atoms with E-state index >= 15 is 0 Å². The van der Waals surface area contributed by atoms with Crippen LogP contribution in [0.15, 0.2) is 48.8 Å². The van der Waals surface area contributed by atoms with Crippen molar-refractivity contribution in [1.82, 2.24) is 15.0 Å². The number of imidazole rings is 1. The molecule has 0 amide bonds. The van der Waals surface area contributed by atoms with Crippen molar-refractivity contribution in [3.05, 3.63) is 60.0 Å². The maximum Gasteiger partial charge on any atom is 0.138 e. The van der Waals surface area contributed by atoms with Crippen LogP contribution in [0.1, 0.15) is 11.3 Å². The van der Waals surface area contributed by atoms with Gasteiger partial charge in [-0.2, -0.15) is 0 Å². The van der Waals surface area contributed by atoms with Gasteiger partial charge in [-0.1, -0.05) is 24.3 Å². The van der Waals surface area contributed by atoms with Crippen LogP contribution < -0.4 is 5.73 Å². The lowest BCUT2D eigenvalue weighted by Crippen LogP contribution is -1.95. The van der Waals surface area contributed by atoms with E-state index in [2.05, 4.69) is 15.0 Å². The van der Waals surface area contributed by atoms with E-state index in [9.17, 15) is 0 Å². The number of pyridine rings is 1. The van der Waals surface area contributed by atoms with Crippen LogP contribution in [0.4, 0.5) is 0 Å². The van der Waals surface area contributed by atoms with Crippen LogP contribution in [0.25, 0.3) is 22.6 Å². The van der Waals surface area contributed by atoms with E-state index in [-0.39, 0.29) is 0 Å². The van der Waals surface area contributed by atoms with Crippen molar-refractivity contribution in [2.24, 2.45) is 5.73 Å². The van der Waals surface area contributed by atoms with Crippen molar-refractivity contribution in [3.8, 4) is 22.6 Å². The van der Waals surface area contributed by atoms with Crippen molar-refractivity contribution in [1.29, 1.82) is 0 Å². The Balaban J connectivity index is 2.00. The maximum atomic E-state index is 5.61. The highest BCUT2D eigenvalue weighted by Crippen LogP contribution is 2.25. The Labute approximate surface area is 117 Å². The quantitative estimate of drug-likeness (QED) is 0.764. The third-order valence-electron chi connectivity index (χ3n) is 3.28. The van der Waals surface area contributed by atoms with Gasteiger partial charge >= 0.3 is 0 Å². The summed E-state index contributed by atoms with van der Waals surface area (Å²) in [4.78, 5) is 12.1. The van der Waals surface area contributed by atoms with Crippen molar-refractivity contribution >= 4 is 0 Å². The van der Waals surface area contributed by atoms with Gasteiger partial charge in [-0.25, -0.2) is 4.98 Å². The average molecular weight is 264 g/mol. The highest BCUT2D eigenvalue weighted by atomic mass is 14.9. The van der Waals surface area contributed by atoms with E-state index < -0.39 is 0 Å². The highest BCUT2D eigenvalue weighted by molar-refractivity contribution is 5.66. The molecule has 3 N–H and O–H groups in total. The summed E-state index contributed by atoms with van der Waals surface area (Å²) in [6.45, 7) is 2.57.